The van der Waals surface area contributed by atoms with Crippen LogP contribution in [-0.4, -0.2) is 59.4 Å². The molecule has 204 valence electrons. The molecule has 2 heterocycles. The Hall–Kier alpha value is -3.30. The second-order valence-electron chi connectivity index (χ2n) is 10.3. The van der Waals surface area contributed by atoms with Crippen LogP contribution in [0.25, 0.3) is 10.9 Å². The number of aliphatic hydroxyl groups excluding tert-OH is 1. The monoisotopic (exact) mass is 527 g/mol. The number of nitrogens with zero attached hydrogens (tertiary/aromatic N) is 2. The molecule has 38 heavy (non-hydrogen) atoms. The van der Waals surface area contributed by atoms with Crippen molar-refractivity contribution in [2.24, 2.45) is 5.41 Å². The number of carboxylic acid groups (broad SMARTS) is 1. The summed E-state index contributed by atoms with van der Waals surface area (Å²) in [5, 5.41) is 24.8. The van der Waals surface area contributed by atoms with Crippen LogP contribution < -0.4 is 10.1 Å². The number of aliphatic hydroxyl groups is 1. The highest BCUT2D eigenvalue weighted by molar-refractivity contribution is 5.84. The van der Waals surface area contributed by atoms with Crippen LogP contribution in [0.3, 0.4) is 0 Å². The van der Waals surface area contributed by atoms with E-state index in [0.717, 1.165) is 41.2 Å². The first-order valence-corrected chi connectivity index (χ1v) is 12.9. The number of aromatic nitrogens is 1. The number of anilines is 1. The van der Waals surface area contributed by atoms with Crippen LogP contribution >= 0.6 is 0 Å². The molecule has 7 nitrogen and oxygen atoms in total. The molecule has 0 bridgehead atoms. The predicted octanol–water partition coefficient (Wildman–Crippen LogP) is 5.31. The first-order chi connectivity index (χ1) is 18.2. The molecule has 1 saturated heterocycles. The lowest BCUT2D eigenvalue weighted by molar-refractivity contribution is -0.141. The van der Waals surface area contributed by atoms with E-state index in [2.05, 4.69) is 15.2 Å². The van der Waals surface area contributed by atoms with Gasteiger partial charge in [0.25, 0.3) is 0 Å². The van der Waals surface area contributed by atoms with Crippen molar-refractivity contribution in [3.63, 3.8) is 0 Å². The fourth-order valence-electron chi connectivity index (χ4n) is 5.55. The number of hydrogen-bond donors (Lipinski definition) is 3. The lowest BCUT2D eigenvalue weighted by atomic mass is 9.71. The summed E-state index contributed by atoms with van der Waals surface area (Å²) in [6, 6.07) is 8.93. The van der Waals surface area contributed by atoms with Crippen LogP contribution in [-0.2, 0) is 4.79 Å². The summed E-state index contributed by atoms with van der Waals surface area (Å²) in [4.78, 5) is 18.5. The Labute approximate surface area is 221 Å². The molecule has 1 atom stereocenters. The molecule has 3 aromatic rings. The molecule has 9 heteroatoms. The number of fused-ring (bicyclic) bond motifs is 1. The van der Waals surface area contributed by atoms with Gasteiger partial charge in [0.05, 0.1) is 25.2 Å². The maximum atomic E-state index is 13.4. The van der Waals surface area contributed by atoms with Gasteiger partial charge in [-0.15, -0.1) is 0 Å². The average molecular weight is 528 g/mol. The smallest absolute Gasteiger partial charge is 0.303 e. The van der Waals surface area contributed by atoms with E-state index in [1.165, 1.54) is 12.1 Å². The normalized spacial score (nSPS) is 16.3. The highest BCUT2D eigenvalue weighted by atomic mass is 19.1. The molecule has 4 rings (SSSR count). The van der Waals surface area contributed by atoms with Gasteiger partial charge < -0.3 is 25.2 Å². The minimum absolute atomic E-state index is 0.0538. The zero-order chi connectivity index (χ0) is 27.3. The fraction of sp³-hybridized carbons (Fsp3) is 0.448. The Morgan fingerprint density at radius 1 is 1.18 bits per heavy atom. The van der Waals surface area contributed by atoms with Gasteiger partial charge in [0.1, 0.15) is 17.4 Å². The van der Waals surface area contributed by atoms with Crippen LogP contribution in [0, 0.1) is 24.0 Å². The Morgan fingerprint density at radius 2 is 1.89 bits per heavy atom. The number of pyridine rings is 1. The third-order valence-electron chi connectivity index (χ3n) is 7.66. The SMILES string of the molecule is COc1ccc2ncc(C)c(C(O)CCC3(CC(=O)O)CCN(CCNc4cc(F)cc(F)c4)CC3)c2c1. The number of likely N-dealkylation sites (tertiary alicyclic amines) is 1. The van der Waals surface area contributed by atoms with Crippen molar-refractivity contribution in [1.82, 2.24) is 9.88 Å². The Bertz CT molecular complexity index is 1260. The van der Waals surface area contributed by atoms with Gasteiger partial charge in [-0.05, 0) is 92.6 Å². The third kappa shape index (κ3) is 6.76. The topological polar surface area (TPSA) is 94.9 Å². The molecule has 0 aliphatic carbocycles. The van der Waals surface area contributed by atoms with Crippen LogP contribution in [0.5, 0.6) is 5.75 Å². The summed E-state index contributed by atoms with van der Waals surface area (Å²) in [6.07, 6.45) is 3.48. The number of nitrogens with one attached hydrogen (secondary N) is 1. The summed E-state index contributed by atoms with van der Waals surface area (Å²) < 4.78 is 32.2. The van der Waals surface area contributed by atoms with E-state index in [1.807, 2.05) is 25.1 Å². The van der Waals surface area contributed by atoms with Crippen molar-refractivity contribution < 1.29 is 28.5 Å². The molecule has 1 fully saturated rings. The van der Waals surface area contributed by atoms with Gasteiger partial charge in [-0.25, -0.2) is 8.78 Å². The summed E-state index contributed by atoms with van der Waals surface area (Å²) in [7, 11) is 1.60. The maximum absolute atomic E-state index is 13.4. The molecule has 1 unspecified atom stereocenters. The quantitative estimate of drug-likeness (QED) is 0.311. The molecule has 1 aliphatic heterocycles. The van der Waals surface area contributed by atoms with Crippen molar-refractivity contribution in [3.8, 4) is 5.75 Å². The van der Waals surface area contributed by atoms with E-state index in [9.17, 15) is 23.8 Å². The van der Waals surface area contributed by atoms with Crippen molar-refractivity contribution in [3.05, 3.63) is 65.4 Å². The Balaban J connectivity index is 1.38. The lowest BCUT2D eigenvalue weighted by Crippen LogP contribution is -2.43. The van der Waals surface area contributed by atoms with Crippen molar-refractivity contribution in [2.75, 3.05) is 38.6 Å². The van der Waals surface area contributed by atoms with Crippen LogP contribution in [0.4, 0.5) is 14.5 Å². The molecule has 0 radical (unpaired) electrons. The van der Waals surface area contributed by atoms with Gasteiger partial charge in [0.15, 0.2) is 0 Å². The summed E-state index contributed by atoms with van der Waals surface area (Å²) in [5.41, 5.74) is 2.44. The minimum atomic E-state index is -0.835. The highest BCUT2D eigenvalue weighted by Crippen LogP contribution is 2.42. The van der Waals surface area contributed by atoms with Gasteiger partial charge in [-0.3, -0.25) is 9.78 Å². The molecule has 1 aromatic heterocycles. The summed E-state index contributed by atoms with van der Waals surface area (Å²) >= 11 is 0. The van der Waals surface area contributed by atoms with E-state index in [0.29, 0.717) is 50.2 Å². The summed E-state index contributed by atoms with van der Waals surface area (Å²) in [5.74, 6) is -1.40. The number of piperidine rings is 1. The Kier molecular flexibility index (Phi) is 8.79. The van der Waals surface area contributed by atoms with Gasteiger partial charge in [0.2, 0.25) is 0 Å². The molecular weight excluding hydrogens is 492 g/mol. The predicted molar refractivity (Wildman–Crippen MR) is 142 cm³/mol. The number of rotatable bonds is 11. The number of ether oxygens (including phenoxy) is 1. The second-order valence-corrected chi connectivity index (χ2v) is 10.3. The zero-order valence-electron chi connectivity index (χ0n) is 21.8. The van der Waals surface area contributed by atoms with Gasteiger partial charge >= 0.3 is 5.97 Å². The van der Waals surface area contributed by atoms with Gasteiger partial charge in [-0.2, -0.15) is 0 Å². The first-order valence-electron chi connectivity index (χ1n) is 12.9. The molecule has 0 spiro atoms. The summed E-state index contributed by atoms with van der Waals surface area (Å²) in [6.45, 7) is 4.55. The number of benzene rings is 2. The Morgan fingerprint density at radius 3 is 2.55 bits per heavy atom. The number of hydrogen-bond acceptors (Lipinski definition) is 6. The van der Waals surface area contributed by atoms with E-state index < -0.39 is 29.1 Å². The molecule has 0 amide bonds. The maximum Gasteiger partial charge on any atom is 0.303 e. The standard InChI is InChI=1S/C29H35F2N3O4/c1-19-18-33-25-4-3-23(38-2)16-24(25)28(19)26(35)5-6-29(17-27(36)37)7-10-34(11-8-29)12-9-32-22-14-20(30)13-21(31)15-22/h3-4,13-16,18,26,32,35H,5-12,17H2,1-2H3,(H,36,37). The largest absolute Gasteiger partial charge is 0.497 e. The van der Waals surface area contributed by atoms with E-state index >= 15 is 0 Å². The fourth-order valence-corrected chi connectivity index (χ4v) is 5.55. The molecule has 2 aromatic carbocycles. The lowest BCUT2D eigenvalue weighted by Gasteiger charge is -2.41. The molecule has 3 N–H and O–H groups in total. The van der Waals surface area contributed by atoms with Gasteiger partial charge in [-0.1, -0.05) is 0 Å². The van der Waals surface area contributed by atoms with Crippen LogP contribution in [0.1, 0.15) is 49.3 Å². The highest BCUT2D eigenvalue weighted by Gasteiger charge is 2.37. The number of methoxy groups -OCH3 is 1. The average Bonchev–Trinajstić information content (AvgIpc) is 2.87. The van der Waals surface area contributed by atoms with Crippen LogP contribution in [0.15, 0.2) is 42.6 Å². The van der Waals surface area contributed by atoms with E-state index in [-0.39, 0.29) is 6.42 Å². The number of carbonyl (C=O) groups is 1. The second kappa shape index (κ2) is 12.0. The minimum Gasteiger partial charge on any atom is -0.497 e. The zero-order valence-corrected chi connectivity index (χ0v) is 21.8. The number of carboxylic acids is 1. The third-order valence-corrected chi connectivity index (χ3v) is 7.66. The van der Waals surface area contributed by atoms with Crippen molar-refractivity contribution in [1.29, 1.82) is 0 Å². The van der Waals surface area contributed by atoms with Crippen molar-refractivity contribution in [2.45, 2.75) is 45.1 Å². The number of aryl methyl sites for hydroxylation is 1. The number of aliphatic carboxylic acids is 1. The first kappa shape index (κ1) is 27.7. The number of halogens is 2. The van der Waals surface area contributed by atoms with Crippen molar-refractivity contribution >= 4 is 22.6 Å². The molecule has 1 aliphatic rings. The molecular formula is C29H35F2N3O4. The van der Waals surface area contributed by atoms with E-state index in [4.69, 9.17) is 4.74 Å². The molecule has 0 saturated carbocycles. The van der Waals surface area contributed by atoms with E-state index in [1.54, 1.807) is 13.3 Å². The van der Waals surface area contributed by atoms with Crippen LogP contribution in [0.2, 0.25) is 0 Å². The van der Waals surface area contributed by atoms with Gasteiger partial charge in [0, 0.05) is 36.4 Å².